The number of phosphoric acid groups is 2. The van der Waals surface area contributed by atoms with Crippen LogP contribution in [0.4, 0.5) is 0 Å². The van der Waals surface area contributed by atoms with E-state index in [0.717, 1.165) is 102 Å². The molecule has 0 aliphatic heterocycles. The van der Waals surface area contributed by atoms with Gasteiger partial charge in [-0.1, -0.05) is 324 Å². The van der Waals surface area contributed by atoms with Gasteiger partial charge in [0, 0.05) is 25.7 Å². The molecule has 0 fully saturated rings. The maximum atomic E-state index is 13.0. The van der Waals surface area contributed by atoms with Crippen molar-refractivity contribution in [2.24, 2.45) is 5.92 Å². The number of rotatable bonds is 72. The number of unbranched alkanes of at least 4 members (excludes halogenated alkanes) is 43. The van der Waals surface area contributed by atoms with E-state index >= 15 is 0 Å². The summed E-state index contributed by atoms with van der Waals surface area (Å²) in [6, 6.07) is 0. The van der Waals surface area contributed by atoms with E-state index in [1.165, 1.54) is 193 Å². The maximum Gasteiger partial charge on any atom is 0.472 e. The van der Waals surface area contributed by atoms with Crippen LogP contribution in [0.1, 0.15) is 375 Å². The van der Waals surface area contributed by atoms with Gasteiger partial charge in [-0.2, -0.15) is 0 Å². The first-order chi connectivity index (χ1) is 44.1. The molecule has 0 aromatic heterocycles. The van der Waals surface area contributed by atoms with Gasteiger partial charge in [0.15, 0.2) is 12.2 Å². The third kappa shape index (κ3) is 65.1. The van der Waals surface area contributed by atoms with E-state index in [2.05, 4.69) is 34.6 Å². The van der Waals surface area contributed by atoms with Gasteiger partial charge in [-0.15, -0.1) is 0 Å². The third-order valence-electron chi connectivity index (χ3n) is 17.1. The molecule has 0 aliphatic rings. The smallest absolute Gasteiger partial charge is 0.462 e. The molecule has 91 heavy (non-hydrogen) atoms. The standard InChI is InChI=1S/C72H140O17P2/c1-6-10-13-16-19-22-24-26-27-28-29-30-31-32-33-34-36-38-41-47-52-57-71(76)88-67(61-83-70(75)56-51-46-40-37-35-25-23-20-17-14-11-7-2)63-86-90(78,79)84-59-66(73)60-85-91(80,81)87-64-68(62-82-69(74)55-50-45-39-21-18-15-12-8-3)89-72(77)58-53-48-43-42-44-49-54-65(5)9-4/h65-68,73H,6-64H2,1-5H3,(H,78,79)(H,80,81)/t65?,66-,67-,68-/m1/s1. The Morgan fingerprint density at radius 3 is 0.780 bits per heavy atom. The fourth-order valence-corrected chi connectivity index (χ4v) is 12.5. The molecular formula is C72H140O17P2. The number of hydrogen-bond acceptors (Lipinski definition) is 15. The average Bonchev–Trinajstić information content (AvgIpc) is 3.71. The third-order valence-corrected chi connectivity index (χ3v) is 19.0. The second kappa shape index (κ2) is 65.4. The minimum absolute atomic E-state index is 0.103. The summed E-state index contributed by atoms with van der Waals surface area (Å²) in [5.74, 6) is -1.41. The van der Waals surface area contributed by atoms with Crippen LogP contribution in [-0.4, -0.2) is 96.7 Å². The summed E-state index contributed by atoms with van der Waals surface area (Å²) in [6.45, 7) is 7.18. The second-order valence-electron chi connectivity index (χ2n) is 26.2. The molecule has 3 N–H and O–H groups in total. The largest absolute Gasteiger partial charge is 0.472 e. The lowest BCUT2D eigenvalue weighted by molar-refractivity contribution is -0.161. The van der Waals surface area contributed by atoms with Gasteiger partial charge in [-0.05, 0) is 31.6 Å². The van der Waals surface area contributed by atoms with Crippen molar-refractivity contribution in [3.05, 3.63) is 0 Å². The van der Waals surface area contributed by atoms with Gasteiger partial charge in [0.2, 0.25) is 0 Å². The molecule has 0 aliphatic carbocycles. The Labute approximate surface area is 556 Å². The number of esters is 4. The van der Waals surface area contributed by atoms with Crippen molar-refractivity contribution in [1.82, 2.24) is 0 Å². The first-order valence-corrected chi connectivity index (χ1v) is 40.7. The number of carbonyl (C=O) groups is 4. The summed E-state index contributed by atoms with van der Waals surface area (Å²) in [4.78, 5) is 72.5. The monoisotopic (exact) mass is 1340 g/mol. The van der Waals surface area contributed by atoms with E-state index in [9.17, 15) is 43.2 Å². The molecule has 0 aromatic rings. The maximum absolute atomic E-state index is 13.0. The Hall–Kier alpha value is -1.94. The number of ether oxygens (including phenoxy) is 4. The van der Waals surface area contributed by atoms with Crippen molar-refractivity contribution < 1.29 is 80.2 Å². The number of aliphatic hydroxyl groups is 1. The summed E-state index contributed by atoms with van der Waals surface area (Å²) >= 11 is 0. The molecule has 0 spiro atoms. The van der Waals surface area contributed by atoms with Gasteiger partial charge >= 0.3 is 39.5 Å². The number of phosphoric ester groups is 2. The lowest BCUT2D eigenvalue weighted by Gasteiger charge is -2.21. The molecule has 0 saturated carbocycles. The van der Waals surface area contributed by atoms with E-state index in [-0.39, 0.29) is 25.7 Å². The molecule has 17 nitrogen and oxygen atoms in total. The van der Waals surface area contributed by atoms with E-state index in [4.69, 9.17) is 37.0 Å². The lowest BCUT2D eigenvalue weighted by atomic mass is 10.00. The fourth-order valence-electron chi connectivity index (χ4n) is 11.0. The first kappa shape index (κ1) is 89.1. The zero-order valence-electron chi connectivity index (χ0n) is 59.0. The molecular weight excluding hydrogens is 1200 g/mol. The van der Waals surface area contributed by atoms with Gasteiger partial charge in [-0.25, -0.2) is 9.13 Å². The van der Waals surface area contributed by atoms with Crippen LogP contribution >= 0.6 is 15.6 Å². The zero-order chi connectivity index (χ0) is 67.0. The Morgan fingerprint density at radius 2 is 0.527 bits per heavy atom. The highest BCUT2D eigenvalue weighted by atomic mass is 31.2. The van der Waals surface area contributed by atoms with Crippen molar-refractivity contribution in [2.75, 3.05) is 39.6 Å². The molecule has 19 heteroatoms. The summed E-state index contributed by atoms with van der Waals surface area (Å²) < 4.78 is 68.2. The fraction of sp³-hybridized carbons (Fsp3) is 0.944. The van der Waals surface area contributed by atoms with Gasteiger partial charge in [-0.3, -0.25) is 37.3 Å². The Kier molecular flexibility index (Phi) is 64.0. The highest BCUT2D eigenvalue weighted by Crippen LogP contribution is 2.45. The Balaban J connectivity index is 5.15. The SMILES string of the molecule is CCCCCCCCCCCCCCCCCCCCCCCC(=O)O[C@H](COC(=O)CCCCCCCCCCCCCC)COP(=O)(O)OC[C@@H](O)COP(=O)(O)OC[C@@H](COC(=O)CCCCCCCCCC)OC(=O)CCCCCCCCC(C)CC. The molecule has 3 unspecified atom stereocenters. The summed E-state index contributed by atoms with van der Waals surface area (Å²) in [5, 5.41) is 10.6. The van der Waals surface area contributed by atoms with E-state index in [1.807, 2.05) is 0 Å². The zero-order valence-corrected chi connectivity index (χ0v) is 60.8. The van der Waals surface area contributed by atoms with E-state index < -0.39 is 97.5 Å². The van der Waals surface area contributed by atoms with Crippen LogP contribution in [-0.2, 0) is 65.4 Å². The van der Waals surface area contributed by atoms with E-state index in [1.54, 1.807) is 0 Å². The molecule has 0 heterocycles. The first-order valence-electron chi connectivity index (χ1n) is 37.7. The highest BCUT2D eigenvalue weighted by molar-refractivity contribution is 7.47. The predicted molar refractivity (Wildman–Crippen MR) is 368 cm³/mol. The van der Waals surface area contributed by atoms with Crippen molar-refractivity contribution in [1.29, 1.82) is 0 Å². The number of aliphatic hydroxyl groups excluding tert-OH is 1. The van der Waals surface area contributed by atoms with Gasteiger partial charge < -0.3 is 33.8 Å². The molecule has 6 atom stereocenters. The molecule has 0 aromatic carbocycles. The summed E-state index contributed by atoms with van der Waals surface area (Å²) in [6.07, 6.45) is 53.0. The highest BCUT2D eigenvalue weighted by Gasteiger charge is 2.30. The molecule has 540 valence electrons. The van der Waals surface area contributed by atoms with Gasteiger partial charge in [0.05, 0.1) is 26.4 Å². The Morgan fingerprint density at radius 1 is 0.308 bits per heavy atom. The van der Waals surface area contributed by atoms with Crippen molar-refractivity contribution in [3.63, 3.8) is 0 Å². The molecule has 0 saturated heterocycles. The van der Waals surface area contributed by atoms with Crippen molar-refractivity contribution in [2.45, 2.75) is 393 Å². The quantitative estimate of drug-likeness (QED) is 0.0222. The van der Waals surface area contributed by atoms with Gasteiger partial charge in [0.25, 0.3) is 0 Å². The summed E-state index contributed by atoms with van der Waals surface area (Å²) in [7, 11) is -9.90. The van der Waals surface area contributed by atoms with Crippen LogP contribution in [0, 0.1) is 5.92 Å². The van der Waals surface area contributed by atoms with Crippen LogP contribution in [0.5, 0.6) is 0 Å². The summed E-state index contributed by atoms with van der Waals surface area (Å²) in [5.41, 5.74) is 0. The van der Waals surface area contributed by atoms with E-state index in [0.29, 0.717) is 25.7 Å². The minimum Gasteiger partial charge on any atom is -0.462 e. The van der Waals surface area contributed by atoms with Crippen LogP contribution in [0.2, 0.25) is 0 Å². The van der Waals surface area contributed by atoms with Crippen molar-refractivity contribution >= 4 is 39.5 Å². The van der Waals surface area contributed by atoms with Gasteiger partial charge in [0.1, 0.15) is 19.3 Å². The van der Waals surface area contributed by atoms with Crippen molar-refractivity contribution in [3.8, 4) is 0 Å². The number of carbonyl (C=O) groups excluding carboxylic acids is 4. The second-order valence-corrected chi connectivity index (χ2v) is 29.1. The number of hydrogen-bond donors (Lipinski definition) is 3. The molecule has 0 rings (SSSR count). The Bertz CT molecular complexity index is 1760. The van der Waals surface area contributed by atoms with Crippen LogP contribution < -0.4 is 0 Å². The normalized spacial score (nSPS) is 14.3. The average molecular weight is 1340 g/mol. The lowest BCUT2D eigenvalue weighted by Crippen LogP contribution is -2.30. The topological polar surface area (TPSA) is 237 Å². The molecule has 0 amide bonds. The van der Waals surface area contributed by atoms with Crippen LogP contribution in [0.3, 0.4) is 0 Å². The molecule has 0 radical (unpaired) electrons. The van der Waals surface area contributed by atoms with Crippen LogP contribution in [0.25, 0.3) is 0 Å². The predicted octanol–water partition coefficient (Wildman–Crippen LogP) is 20.9. The minimum atomic E-state index is -4.95. The van der Waals surface area contributed by atoms with Crippen LogP contribution in [0.15, 0.2) is 0 Å². The molecule has 0 bridgehead atoms.